The fourth-order valence-electron chi connectivity index (χ4n) is 1.29. The number of aromatic nitrogens is 3. The van der Waals surface area contributed by atoms with E-state index in [4.69, 9.17) is 5.73 Å². The molecule has 0 bridgehead atoms. The van der Waals surface area contributed by atoms with Gasteiger partial charge in [-0.1, -0.05) is 6.07 Å². The Labute approximate surface area is 92.4 Å². The van der Waals surface area contributed by atoms with E-state index in [1.165, 1.54) is 12.3 Å². The number of hydrogen-bond donors (Lipinski definition) is 1. The molecule has 2 heterocycles. The Hall–Kier alpha value is -2.30. The van der Waals surface area contributed by atoms with Crippen LogP contribution in [0.1, 0.15) is 22.0 Å². The highest BCUT2D eigenvalue weighted by atomic mass is 16.1. The van der Waals surface area contributed by atoms with E-state index in [-0.39, 0.29) is 5.69 Å². The second-order valence-corrected chi connectivity index (χ2v) is 3.22. The van der Waals surface area contributed by atoms with Gasteiger partial charge in [-0.25, -0.2) is 9.97 Å². The van der Waals surface area contributed by atoms with Crippen molar-refractivity contribution in [2.45, 2.75) is 6.42 Å². The molecule has 0 aliphatic carbocycles. The summed E-state index contributed by atoms with van der Waals surface area (Å²) in [4.78, 5) is 23.2. The van der Waals surface area contributed by atoms with E-state index in [9.17, 15) is 4.79 Å². The molecule has 0 aliphatic rings. The number of nitrogens with zero attached hydrogens (tertiary/aromatic N) is 3. The number of carbonyl (C=O) groups excluding carboxylic acids is 1. The molecule has 0 fully saturated rings. The molecule has 0 aliphatic heterocycles. The molecule has 0 aromatic carbocycles. The van der Waals surface area contributed by atoms with E-state index in [1.54, 1.807) is 6.20 Å². The zero-order valence-corrected chi connectivity index (χ0v) is 8.50. The average Bonchev–Trinajstić information content (AvgIpc) is 2.30. The summed E-state index contributed by atoms with van der Waals surface area (Å²) in [5, 5.41) is 0. The predicted octanol–water partition coefficient (Wildman–Crippen LogP) is 0.561. The largest absolute Gasteiger partial charge is 0.364 e. The fraction of sp³-hybridized carbons (Fsp3) is 0.0909. The summed E-state index contributed by atoms with van der Waals surface area (Å²) >= 11 is 0. The maximum Gasteiger partial charge on any atom is 0.267 e. The van der Waals surface area contributed by atoms with Gasteiger partial charge in [0.15, 0.2) is 0 Å². The summed E-state index contributed by atoms with van der Waals surface area (Å²) in [6.07, 6.45) is 3.71. The highest BCUT2D eigenvalue weighted by molar-refractivity contribution is 5.90. The summed E-state index contributed by atoms with van der Waals surface area (Å²) in [5.74, 6) is -0.0142. The topological polar surface area (TPSA) is 81.8 Å². The number of rotatable bonds is 3. The predicted molar refractivity (Wildman–Crippen MR) is 57.6 cm³/mol. The Balaban J connectivity index is 2.22. The molecule has 0 unspecified atom stereocenters. The molecule has 0 saturated carbocycles. The third-order valence-electron chi connectivity index (χ3n) is 2.02. The van der Waals surface area contributed by atoms with Gasteiger partial charge in [0.1, 0.15) is 11.5 Å². The van der Waals surface area contributed by atoms with Crippen LogP contribution in [0.5, 0.6) is 0 Å². The normalized spacial score (nSPS) is 10.0. The van der Waals surface area contributed by atoms with E-state index in [2.05, 4.69) is 15.0 Å². The summed E-state index contributed by atoms with van der Waals surface area (Å²) < 4.78 is 0. The lowest BCUT2D eigenvalue weighted by Crippen LogP contribution is -2.14. The van der Waals surface area contributed by atoms with Gasteiger partial charge in [-0.15, -0.1) is 0 Å². The highest BCUT2D eigenvalue weighted by Gasteiger charge is 2.05. The van der Waals surface area contributed by atoms with E-state index >= 15 is 0 Å². The molecular formula is C11H10N4O. The molecule has 80 valence electrons. The van der Waals surface area contributed by atoms with Crippen LogP contribution in [0.25, 0.3) is 0 Å². The quantitative estimate of drug-likeness (QED) is 0.809. The van der Waals surface area contributed by atoms with Crippen LogP contribution >= 0.6 is 0 Å². The fourth-order valence-corrected chi connectivity index (χ4v) is 1.29. The minimum absolute atomic E-state index is 0.223. The highest BCUT2D eigenvalue weighted by Crippen LogP contribution is 2.02. The van der Waals surface area contributed by atoms with Crippen LogP contribution < -0.4 is 5.73 Å². The van der Waals surface area contributed by atoms with Gasteiger partial charge >= 0.3 is 0 Å². The summed E-state index contributed by atoms with van der Waals surface area (Å²) in [7, 11) is 0. The van der Waals surface area contributed by atoms with Crippen LogP contribution in [-0.2, 0) is 6.42 Å². The van der Waals surface area contributed by atoms with Crippen molar-refractivity contribution in [2.75, 3.05) is 0 Å². The first-order valence-corrected chi connectivity index (χ1v) is 4.77. The van der Waals surface area contributed by atoms with Crippen LogP contribution in [0.15, 0.2) is 36.7 Å². The Morgan fingerprint density at radius 2 is 2.06 bits per heavy atom. The third-order valence-corrected chi connectivity index (χ3v) is 2.02. The number of nitrogens with two attached hydrogens (primary N) is 1. The van der Waals surface area contributed by atoms with Crippen LogP contribution in [0, 0.1) is 0 Å². The van der Waals surface area contributed by atoms with Gasteiger partial charge in [0.05, 0.1) is 6.42 Å². The molecule has 2 rings (SSSR count). The SMILES string of the molecule is NC(=O)c1ccnc(Cc2ccccn2)n1. The Bertz CT molecular complexity index is 498. The van der Waals surface area contributed by atoms with E-state index in [0.29, 0.717) is 12.2 Å². The van der Waals surface area contributed by atoms with E-state index in [1.807, 2.05) is 18.2 Å². The molecule has 2 aromatic rings. The monoisotopic (exact) mass is 214 g/mol. The van der Waals surface area contributed by atoms with Crippen LogP contribution in [0.4, 0.5) is 0 Å². The number of primary amides is 1. The third kappa shape index (κ3) is 2.38. The lowest BCUT2D eigenvalue weighted by atomic mass is 10.2. The Morgan fingerprint density at radius 1 is 1.19 bits per heavy atom. The number of hydrogen-bond acceptors (Lipinski definition) is 4. The Morgan fingerprint density at radius 3 is 2.75 bits per heavy atom. The van der Waals surface area contributed by atoms with Crippen LogP contribution in [0.2, 0.25) is 0 Å². The van der Waals surface area contributed by atoms with Gasteiger partial charge in [-0.05, 0) is 18.2 Å². The lowest BCUT2D eigenvalue weighted by molar-refractivity contribution is 0.0995. The van der Waals surface area contributed by atoms with Crippen molar-refractivity contribution in [1.82, 2.24) is 15.0 Å². The van der Waals surface area contributed by atoms with Gasteiger partial charge < -0.3 is 5.73 Å². The molecule has 5 nitrogen and oxygen atoms in total. The summed E-state index contributed by atoms with van der Waals surface area (Å²) in [5.41, 5.74) is 6.21. The van der Waals surface area contributed by atoms with Crippen molar-refractivity contribution >= 4 is 5.91 Å². The number of carbonyl (C=O) groups is 1. The molecule has 5 heteroatoms. The average molecular weight is 214 g/mol. The van der Waals surface area contributed by atoms with Crippen molar-refractivity contribution < 1.29 is 4.79 Å². The molecule has 1 amide bonds. The van der Waals surface area contributed by atoms with Crippen molar-refractivity contribution in [1.29, 1.82) is 0 Å². The number of amides is 1. The standard InChI is InChI=1S/C11H10N4O/c12-11(16)9-4-6-14-10(15-9)7-8-3-1-2-5-13-8/h1-6H,7H2,(H2,12,16). The minimum Gasteiger partial charge on any atom is -0.364 e. The first kappa shape index (κ1) is 10.2. The molecular weight excluding hydrogens is 204 g/mol. The lowest BCUT2D eigenvalue weighted by Gasteiger charge is -2.00. The van der Waals surface area contributed by atoms with Crippen molar-refractivity contribution in [3.8, 4) is 0 Å². The number of pyridine rings is 1. The second-order valence-electron chi connectivity index (χ2n) is 3.22. The second kappa shape index (κ2) is 4.48. The molecule has 0 spiro atoms. The van der Waals surface area contributed by atoms with E-state index in [0.717, 1.165) is 5.69 Å². The molecule has 0 saturated heterocycles. The van der Waals surface area contributed by atoms with Gasteiger partial charge in [0.2, 0.25) is 0 Å². The minimum atomic E-state index is -0.551. The zero-order chi connectivity index (χ0) is 11.4. The summed E-state index contributed by atoms with van der Waals surface area (Å²) in [6, 6.07) is 7.09. The molecule has 16 heavy (non-hydrogen) atoms. The molecule has 2 N–H and O–H groups in total. The van der Waals surface area contributed by atoms with E-state index < -0.39 is 5.91 Å². The smallest absolute Gasteiger partial charge is 0.267 e. The maximum atomic E-state index is 10.9. The molecule has 0 atom stereocenters. The van der Waals surface area contributed by atoms with Gasteiger partial charge in [0.25, 0.3) is 5.91 Å². The molecule has 0 radical (unpaired) electrons. The van der Waals surface area contributed by atoms with Gasteiger partial charge in [-0.2, -0.15) is 0 Å². The van der Waals surface area contributed by atoms with Crippen molar-refractivity contribution in [3.63, 3.8) is 0 Å². The summed E-state index contributed by atoms with van der Waals surface area (Å²) in [6.45, 7) is 0. The van der Waals surface area contributed by atoms with Gasteiger partial charge in [0, 0.05) is 18.1 Å². The zero-order valence-electron chi connectivity index (χ0n) is 8.50. The van der Waals surface area contributed by atoms with Crippen molar-refractivity contribution in [2.24, 2.45) is 5.73 Å². The molecule has 2 aromatic heterocycles. The van der Waals surface area contributed by atoms with Crippen molar-refractivity contribution in [3.05, 3.63) is 53.9 Å². The first-order valence-electron chi connectivity index (χ1n) is 4.77. The Kier molecular flexibility index (Phi) is 2.86. The van der Waals surface area contributed by atoms with Gasteiger partial charge in [-0.3, -0.25) is 9.78 Å². The first-order chi connectivity index (χ1) is 7.75. The van der Waals surface area contributed by atoms with Crippen LogP contribution in [0.3, 0.4) is 0 Å². The van der Waals surface area contributed by atoms with Crippen LogP contribution in [-0.4, -0.2) is 20.9 Å². The maximum absolute atomic E-state index is 10.9.